The number of carbonyl (C=O) groups is 1. The largest absolute Gasteiger partial charge is 0.497 e. The van der Waals surface area contributed by atoms with Crippen molar-refractivity contribution in [2.45, 2.75) is 19.5 Å². The van der Waals surface area contributed by atoms with Gasteiger partial charge in [0.1, 0.15) is 11.6 Å². The summed E-state index contributed by atoms with van der Waals surface area (Å²) < 4.78 is 20.7. The second-order valence-electron chi connectivity index (χ2n) is 7.87. The number of methoxy groups -OCH3 is 1. The predicted octanol–water partition coefficient (Wildman–Crippen LogP) is 3.08. The molecule has 0 aliphatic heterocycles. The highest BCUT2D eigenvalue weighted by Crippen LogP contribution is 2.14. The maximum Gasteiger partial charge on any atom is 0.352 e. The summed E-state index contributed by atoms with van der Waals surface area (Å²) in [4.78, 5) is 39.6. The van der Waals surface area contributed by atoms with Crippen molar-refractivity contribution < 1.29 is 13.9 Å². The Morgan fingerprint density at radius 2 is 1.74 bits per heavy atom. The van der Waals surface area contributed by atoms with E-state index < -0.39 is 34.7 Å². The third-order valence-corrected chi connectivity index (χ3v) is 5.47. The number of hydrogen-bond acceptors (Lipinski definition) is 5. The molecule has 9 heteroatoms. The molecule has 178 valence electrons. The Hall–Kier alpha value is -4.53. The summed E-state index contributed by atoms with van der Waals surface area (Å²) in [5.74, 6) is -0.680. The molecule has 0 saturated heterocycles. The van der Waals surface area contributed by atoms with Gasteiger partial charge in [-0.05, 0) is 54.4 Å². The first-order chi connectivity index (χ1) is 16.9. The van der Waals surface area contributed by atoms with E-state index >= 15 is 0 Å². The summed E-state index contributed by atoms with van der Waals surface area (Å²) in [5.41, 5.74) is -0.544. The summed E-state index contributed by atoms with van der Waals surface area (Å²) >= 11 is 0. The van der Waals surface area contributed by atoms with Gasteiger partial charge in [0.05, 0.1) is 25.4 Å². The van der Waals surface area contributed by atoms with E-state index in [1.807, 2.05) is 30.3 Å². The second kappa shape index (κ2) is 10.2. The molecule has 4 rings (SSSR count). The molecular formula is C26H23FN4O4. The molecule has 0 spiro atoms. The molecule has 8 nitrogen and oxygen atoms in total. The molecule has 1 amide bonds. The van der Waals surface area contributed by atoms with Gasteiger partial charge in [0.25, 0.3) is 11.5 Å². The third-order valence-electron chi connectivity index (χ3n) is 5.47. The van der Waals surface area contributed by atoms with Crippen LogP contribution in [0.3, 0.4) is 0 Å². The zero-order valence-electron chi connectivity index (χ0n) is 19.1. The number of aromatic nitrogens is 3. The zero-order chi connectivity index (χ0) is 24.9. The van der Waals surface area contributed by atoms with Crippen molar-refractivity contribution in [2.24, 2.45) is 0 Å². The maximum absolute atomic E-state index is 13.7. The van der Waals surface area contributed by atoms with E-state index in [1.165, 1.54) is 25.3 Å². The van der Waals surface area contributed by atoms with Crippen molar-refractivity contribution in [1.82, 2.24) is 19.7 Å². The van der Waals surface area contributed by atoms with Crippen LogP contribution in [0.1, 0.15) is 34.6 Å². The predicted molar refractivity (Wildman–Crippen MR) is 128 cm³/mol. The number of benzene rings is 3. The number of carbonyl (C=O) groups excluding carboxylic acids is 1. The van der Waals surface area contributed by atoms with Crippen molar-refractivity contribution in [3.63, 3.8) is 0 Å². The highest BCUT2D eigenvalue weighted by molar-refractivity contribution is 5.92. The molecule has 0 fully saturated rings. The molecule has 0 saturated carbocycles. The number of amides is 1. The molecule has 0 aliphatic rings. The van der Waals surface area contributed by atoms with Gasteiger partial charge >= 0.3 is 5.69 Å². The molecule has 4 aromatic rings. The van der Waals surface area contributed by atoms with Crippen LogP contribution in [0.2, 0.25) is 0 Å². The minimum absolute atomic E-state index is 0.234. The van der Waals surface area contributed by atoms with Gasteiger partial charge in [-0.1, -0.05) is 42.5 Å². The van der Waals surface area contributed by atoms with Crippen LogP contribution < -0.4 is 21.3 Å². The van der Waals surface area contributed by atoms with Crippen LogP contribution in [0.5, 0.6) is 5.75 Å². The highest BCUT2D eigenvalue weighted by atomic mass is 19.1. The fourth-order valence-electron chi connectivity index (χ4n) is 3.60. The molecule has 35 heavy (non-hydrogen) atoms. The molecule has 1 atom stereocenters. The number of nitrogens with one attached hydrogen (secondary N) is 1. The quantitative estimate of drug-likeness (QED) is 0.444. The van der Waals surface area contributed by atoms with E-state index in [4.69, 9.17) is 4.74 Å². The van der Waals surface area contributed by atoms with Crippen LogP contribution in [0.15, 0.2) is 88.5 Å². The fraction of sp³-hybridized carbons (Fsp3) is 0.154. The molecule has 1 N–H and O–H groups in total. The van der Waals surface area contributed by atoms with E-state index in [1.54, 1.807) is 37.3 Å². The summed E-state index contributed by atoms with van der Waals surface area (Å²) in [5, 5.41) is 6.87. The first-order valence-corrected chi connectivity index (χ1v) is 10.9. The molecule has 1 heterocycles. The summed E-state index contributed by atoms with van der Waals surface area (Å²) in [6.45, 7) is 1.54. The van der Waals surface area contributed by atoms with Gasteiger partial charge in [-0.2, -0.15) is 9.78 Å². The lowest BCUT2D eigenvalue weighted by Crippen LogP contribution is -2.46. The summed E-state index contributed by atoms with van der Waals surface area (Å²) in [6.07, 6.45) is 0. The second-order valence-corrected chi connectivity index (χ2v) is 7.87. The smallest absolute Gasteiger partial charge is 0.352 e. The van der Waals surface area contributed by atoms with Gasteiger partial charge in [-0.25, -0.2) is 9.18 Å². The maximum atomic E-state index is 13.7. The lowest BCUT2D eigenvalue weighted by molar-refractivity contribution is 0.0930. The van der Waals surface area contributed by atoms with Crippen molar-refractivity contribution in [1.29, 1.82) is 0 Å². The van der Waals surface area contributed by atoms with Crippen molar-refractivity contribution in [2.75, 3.05) is 7.11 Å². The molecule has 0 radical (unpaired) electrons. The van der Waals surface area contributed by atoms with Crippen molar-refractivity contribution in [3.05, 3.63) is 122 Å². The molecule has 0 aliphatic carbocycles. The van der Waals surface area contributed by atoms with E-state index in [2.05, 4.69) is 10.4 Å². The Kier molecular flexibility index (Phi) is 6.86. The number of nitrogens with zero attached hydrogens (tertiary/aromatic N) is 3. The van der Waals surface area contributed by atoms with Gasteiger partial charge < -0.3 is 10.1 Å². The minimum atomic E-state index is -0.873. The molecule has 0 bridgehead atoms. The van der Waals surface area contributed by atoms with E-state index in [0.717, 1.165) is 14.8 Å². The molecule has 3 aromatic carbocycles. The monoisotopic (exact) mass is 474 g/mol. The number of ether oxygens (including phenoxy) is 1. The van der Waals surface area contributed by atoms with Crippen LogP contribution in [-0.4, -0.2) is 27.4 Å². The third kappa shape index (κ3) is 5.19. The Bertz CT molecular complexity index is 1460. The molecule has 0 unspecified atom stereocenters. The van der Waals surface area contributed by atoms with Crippen molar-refractivity contribution >= 4 is 5.91 Å². The SMILES string of the molecule is COc1ccc(-n2nc(C(=O)N[C@H](C)c3ccccc3)c(=O)n(Cc3cccc(F)c3)c2=O)cc1. The average Bonchev–Trinajstić information content (AvgIpc) is 2.87. The average molecular weight is 474 g/mol. The van der Waals surface area contributed by atoms with Crippen molar-refractivity contribution in [3.8, 4) is 11.4 Å². The van der Waals surface area contributed by atoms with Crippen LogP contribution in [0.4, 0.5) is 4.39 Å². The van der Waals surface area contributed by atoms with Crippen LogP contribution >= 0.6 is 0 Å². The van der Waals surface area contributed by atoms with E-state index in [-0.39, 0.29) is 6.54 Å². The number of halogens is 1. The van der Waals surface area contributed by atoms with Crippen LogP contribution in [0, 0.1) is 5.82 Å². The number of hydrogen-bond donors (Lipinski definition) is 1. The van der Waals surface area contributed by atoms with Gasteiger partial charge in [0, 0.05) is 0 Å². The van der Waals surface area contributed by atoms with Gasteiger partial charge in [0.2, 0.25) is 5.69 Å². The first-order valence-electron chi connectivity index (χ1n) is 10.9. The summed E-state index contributed by atoms with van der Waals surface area (Å²) in [6, 6.07) is 20.8. The zero-order valence-corrected chi connectivity index (χ0v) is 19.1. The normalized spacial score (nSPS) is 11.6. The van der Waals surface area contributed by atoms with Gasteiger partial charge in [0.15, 0.2) is 0 Å². The lowest BCUT2D eigenvalue weighted by atomic mass is 10.1. The lowest BCUT2D eigenvalue weighted by Gasteiger charge is -2.16. The molecule has 1 aromatic heterocycles. The standard InChI is InChI=1S/C26H23FN4O4/c1-17(19-8-4-3-5-9-19)28-24(32)23-25(33)30(16-18-7-6-10-20(27)15-18)26(34)31(29-23)21-11-13-22(35-2)14-12-21/h3-15,17H,16H2,1-2H3,(H,28,32)/t17-/m1/s1. The highest BCUT2D eigenvalue weighted by Gasteiger charge is 2.22. The fourth-order valence-corrected chi connectivity index (χ4v) is 3.60. The Labute approximate surface area is 200 Å². The van der Waals surface area contributed by atoms with E-state index in [9.17, 15) is 18.8 Å². The topological polar surface area (TPSA) is 95.2 Å². The van der Waals surface area contributed by atoms with E-state index in [0.29, 0.717) is 17.0 Å². The molecular weight excluding hydrogens is 451 g/mol. The Morgan fingerprint density at radius 1 is 1.03 bits per heavy atom. The Morgan fingerprint density at radius 3 is 2.40 bits per heavy atom. The first kappa shape index (κ1) is 23.6. The minimum Gasteiger partial charge on any atom is -0.497 e. The number of rotatable bonds is 7. The van der Waals surface area contributed by atoms with Crippen LogP contribution in [-0.2, 0) is 6.54 Å². The summed E-state index contributed by atoms with van der Waals surface area (Å²) in [7, 11) is 1.51. The van der Waals surface area contributed by atoms with Crippen LogP contribution in [0.25, 0.3) is 5.69 Å². The van der Waals surface area contributed by atoms with Gasteiger partial charge in [-0.15, -0.1) is 0 Å². The Balaban J connectivity index is 1.80. The van der Waals surface area contributed by atoms with Gasteiger partial charge in [-0.3, -0.25) is 14.2 Å².